The average molecular weight is 386 g/mol. The van der Waals surface area contributed by atoms with E-state index in [0.717, 1.165) is 49.3 Å². The highest BCUT2D eigenvalue weighted by Gasteiger charge is 2.28. The van der Waals surface area contributed by atoms with Gasteiger partial charge in [-0.15, -0.1) is 0 Å². The number of benzene rings is 1. The lowest BCUT2D eigenvalue weighted by molar-refractivity contribution is 0.0904. The van der Waals surface area contributed by atoms with E-state index in [1.807, 2.05) is 24.3 Å². The molecular weight excluding hydrogens is 358 g/mol. The van der Waals surface area contributed by atoms with Crippen LogP contribution in [0.1, 0.15) is 68.1 Å². The van der Waals surface area contributed by atoms with Crippen molar-refractivity contribution in [3.05, 3.63) is 40.7 Å². The van der Waals surface area contributed by atoms with Crippen LogP contribution in [0.15, 0.2) is 24.3 Å². The van der Waals surface area contributed by atoms with E-state index in [1.54, 1.807) is 0 Å². The van der Waals surface area contributed by atoms with E-state index < -0.39 is 0 Å². The van der Waals surface area contributed by atoms with Gasteiger partial charge in [0.05, 0.1) is 5.69 Å². The molecule has 2 heterocycles. The largest absolute Gasteiger partial charge is 0.348 e. The first kappa shape index (κ1) is 18.5. The van der Waals surface area contributed by atoms with Gasteiger partial charge in [-0.1, -0.05) is 37.8 Å². The maximum Gasteiger partial charge on any atom is 0.272 e. The fraction of sp³-hybridized carbons (Fsp3) is 0.545. The molecule has 5 heteroatoms. The third-order valence-corrected chi connectivity index (χ3v) is 6.37. The zero-order valence-corrected chi connectivity index (χ0v) is 16.8. The number of amides is 1. The Morgan fingerprint density at radius 2 is 1.89 bits per heavy atom. The fourth-order valence-electron chi connectivity index (χ4n) is 4.49. The van der Waals surface area contributed by atoms with Gasteiger partial charge in [0.15, 0.2) is 0 Å². The molecule has 0 radical (unpaired) electrons. The predicted molar refractivity (Wildman–Crippen MR) is 109 cm³/mol. The first-order chi connectivity index (χ1) is 13.1. The highest BCUT2D eigenvalue weighted by molar-refractivity contribution is 6.30. The standard InChI is InChI=1S/C22H28ClN3O/c1-15-7-4-5-8-18(15)24-22(27)20-19-9-3-2-6-14-26(19)21(25-20)16-10-12-17(23)13-11-16/h10-13,15,18H,2-9,14H2,1H3,(H,24,27)/t15-,18+/m0/s1. The summed E-state index contributed by atoms with van der Waals surface area (Å²) in [6.45, 7) is 3.17. The Bertz CT molecular complexity index is 812. The first-order valence-corrected chi connectivity index (χ1v) is 10.7. The van der Waals surface area contributed by atoms with Gasteiger partial charge in [0.2, 0.25) is 0 Å². The molecule has 2 aliphatic rings. The van der Waals surface area contributed by atoms with Crippen molar-refractivity contribution < 1.29 is 4.79 Å². The van der Waals surface area contributed by atoms with E-state index in [9.17, 15) is 4.79 Å². The second-order valence-corrected chi connectivity index (χ2v) is 8.48. The third kappa shape index (κ3) is 3.91. The molecule has 1 aliphatic carbocycles. The van der Waals surface area contributed by atoms with Crippen LogP contribution in [0.25, 0.3) is 11.4 Å². The van der Waals surface area contributed by atoms with Crippen molar-refractivity contribution >= 4 is 17.5 Å². The molecule has 0 spiro atoms. The van der Waals surface area contributed by atoms with Gasteiger partial charge in [0, 0.05) is 23.2 Å². The van der Waals surface area contributed by atoms with E-state index >= 15 is 0 Å². The van der Waals surface area contributed by atoms with Crippen molar-refractivity contribution in [1.82, 2.24) is 14.9 Å². The van der Waals surface area contributed by atoms with Crippen molar-refractivity contribution in [2.45, 2.75) is 70.9 Å². The molecule has 144 valence electrons. The number of halogens is 1. The minimum atomic E-state index is -0.000358. The molecule has 0 bridgehead atoms. The van der Waals surface area contributed by atoms with Crippen LogP contribution in [-0.4, -0.2) is 21.5 Å². The molecule has 4 nitrogen and oxygen atoms in total. The number of carbonyl (C=O) groups is 1. The van der Waals surface area contributed by atoms with E-state index in [2.05, 4.69) is 16.8 Å². The van der Waals surface area contributed by atoms with Crippen LogP contribution in [0.5, 0.6) is 0 Å². The number of nitrogens with zero attached hydrogens (tertiary/aromatic N) is 2. The molecule has 1 aromatic carbocycles. The van der Waals surface area contributed by atoms with Gasteiger partial charge in [-0.2, -0.15) is 0 Å². The number of nitrogens with one attached hydrogen (secondary N) is 1. The van der Waals surface area contributed by atoms with E-state index in [1.165, 1.54) is 25.7 Å². The summed E-state index contributed by atoms with van der Waals surface area (Å²) in [5, 5.41) is 4.01. The molecule has 2 atom stereocenters. The average Bonchev–Trinajstić information content (AvgIpc) is 2.86. The molecule has 1 saturated carbocycles. The molecule has 1 aliphatic heterocycles. The first-order valence-electron chi connectivity index (χ1n) is 10.3. The summed E-state index contributed by atoms with van der Waals surface area (Å²) < 4.78 is 2.26. The van der Waals surface area contributed by atoms with E-state index in [4.69, 9.17) is 16.6 Å². The zero-order valence-electron chi connectivity index (χ0n) is 16.0. The topological polar surface area (TPSA) is 46.9 Å². The smallest absolute Gasteiger partial charge is 0.272 e. The van der Waals surface area contributed by atoms with Crippen molar-refractivity contribution in [2.75, 3.05) is 0 Å². The van der Waals surface area contributed by atoms with Crippen LogP contribution in [0.3, 0.4) is 0 Å². The highest BCUT2D eigenvalue weighted by Crippen LogP contribution is 2.29. The summed E-state index contributed by atoms with van der Waals surface area (Å²) >= 11 is 6.06. The number of rotatable bonds is 3. The highest BCUT2D eigenvalue weighted by atomic mass is 35.5. The van der Waals surface area contributed by atoms with Gasteiger partial charge in [-0.25, -0.2) is 4.98 Å². The van der Waals surface area contributed by atoms with Crippen molar-refractivity contribution in [1.29, 1.82) is 0 Å². The Hall–Kier alpha value is -1.81. The Kier molecular flexibility index (Phi) is 5.53. The van der Waals surface area contributed by atoms with Crippen molar-refractivity contribution in [3.63, 3.8) is 0 Å². The molecule has 1 N–H and O–H groups in total. The number of carbonyl (C=O) groups excluding carboxylic acids is 1. The maximum atomic E-state index is 13.1. The summed E-state index contributed by atoms with van der Waals surface area (Å²) in [6.07, 6.45) is 9.11. The SMILES string of the molecule is C[C@H]1CCCC[C@H]1NC(=O)c1nc(-c2ccc(Cl)cc2)n2c1CCCCC2. The summed E-state index contributed by atoms with van der Waals surface area (Å²) in [5.74, 6) is 1.43. The summed E-state index contributed by atoms with van der Waals surface area (Å²) in [4.78, 5) is 18.0. The molecule has 27 heavy (non-hydrogen) atoms. The van der Waals surface area contributed by atoms with Gasteiger partial charge in [0.25, 0.3) is 5.91 Å². The van der Waals surface area contributed by atoms with Crippen molar-refractivity contribution in [3.8, 4) is 11.4 Å². The van der Waals surface area contributed by atoms with Gasteiger partial charge in [-0.3, -0.25) is 4.79 Å². The summed E-state index contributed by atoms with van der Waals surface area (Å²) in [6, 6.07) is 8.03. The van der Waals surface area contributed by atoms with E-state index in [-0.39, 0.29) is 11.9 Å². The Labute approximate surface area is 166 Å². The fourth-order valence-corrected chi connectivity index (χ4v) is 4.61. The van der Waals surface area contributed by atoms with Crippen LogP contribution in [0, 0.1) is 5.92 Å². The van der Waals surface area contributed by atoms with Gasteiger partial charge >= 0.3 is 0 Å². The molecule has 1 amide bonds. The number of imidazole rings is 1. The number of hydrogen-bond donors (Lipinski definition) is 1. The minimum Gasteiger partial charge on any atom is -0.348 e. The van der Waals surface area contributed by atoms with Gasteiger partial charge in [0.1, 0.15) is 11.5 Å². The van der Waals surface area contributed by atoms with E-state index in [0.29, 0.717) is 16.6 Å². The zero-order chi connectivity index (χ0) is 18.8. The lowest BCUT2D eigenvalue weighted by atomic mass is 9.86. The van der Waals surface area contributed by atoms with Gasteiger partial charge in [-0.05, 0) is 62.3 Å². The lowest BCUT2D eigenvalue weighted by Crippen LogP contribution is -2.41. The minimum absolute atomic E-state index is 0.000358. The lowest BCUT2D eigenvalue weighted by Gasteiger charge is -2.29. The molecule has 1 fully saturated rings. The normalized spacial score (nSPS) is 22.7. The molecule has 0 unspecified atom stereocenters. The second kappa shape index (κ2) is 8.05. The predicted octanol–water partition coefficient (Wildman–Crippen LogP) is 5.24. The van der Waals surface area contributed by atoms with Crippen LogP contribution >= 0.6 is 11.6 Å². The molecule has 4 rings (SSSR count). The molecule has 1 aromatic heterocycles. The summed E-state index contributed by atoms with van der Waals surface area (Å²) in [5.41, 5.74) is 2.74. The number of fused-ring (bicyclic) bond motifs is 1. The van der Waals surface area contributed by atoms with Crippen LogP contribution in [-0.2, 0) is 13.0 Å². The van der Waals surface area contributed by atoms with Gasteiger partial charge < -0.3 is 9.88 Å². The van der Waals surface area contributed by atoms with Crippen LogP contribution in [0.2, 0.25) is 5.02 Å². The Balaban J connectivity index is 1.67. The Morgan fingerprint density at radius 3 is 2.67 bits per heavy atom. The summed E-state index contributed by atoms with van der Waals surface area (Å²) in [7, 11) is 0. The third-order valence-electron chi connectivity index (χ3n) is 6.11. The number of hydrogen-bond acceptors (Lipinski definition) is 2. The molecular formula is C22H28ClN3O. The Morgan fingerprint density at radius 1 is 1.11 bits per heavy atom. The second-order valence-electron chi connectivity index (χ2n) is 8.04. The maximum absolute atomic E-state index is 13.1. The van der Waals surface area contributed by atoms with Crippen molar-refractivity contribution in [2.24, 2.45) is 5.92 Å². The monoisotopic (exact) mass is 385 g/mol. The quantitative estimate of drug-likeness (QED) is 0.785. The van der Waals surface area contributed by atoms with Crippen LogP contribution < -0.4 is 5.32 Å². The molecule has 0 saturated heterocycles. The molecule has 2 aromatic rings. The number of aromatic nitrogens is 2. The van der Waals surface area contributed by atoms with Crippen LogP contribution in [0.4, 0.5) is 0 Å².